The van der Waals surface area contributed by atoms with Crippen molar-refractivity contribution in [1.82, 2.24) is 9.88 Å². The van der Waals surface area contributed by atoms with Crippen molar-refractivity contribution in [1.29, 1.82) is 0 Å². The van der Waals surface area contributed by atoms with Crippen LogP contribution in [0.3, 0.4) is 0 Å². The van der Waals surface area contributed by atoms with E-state index >= 15 is 0 Å². The fraction of sp³-hybridized carbons (Fsp3) is 0.643. The summed E-state index contributed by atoms with van der Waals surface area (Å²) in [4.78, 5) is 6.76. The number of nitrogens with one attached hydrogen (secondary N) is 1. The Hall–Kier alpha value is -1.29. The monoisotopic (exact) mass is 249 g/mol. The molecule has 0 atom stereocenters. The van der Waals surface area contributed by atoms with Crippen molar-refractivity contribution in [3.63, 3.8) is 0 Å². The minimum atomic E-state index is 0.514. The summed E-state index contributed by atoms with van der Waals surface area (Å²) >= 11 is 0. The summed E-state index contributed by atoms with van der Waals surface area (Å²) < 4.78 is 5.71. The maximum Gasteiger partial charge on any atom is 0.168 e. The van der Waals surface area contributed by atoms with E-state index in [1.54, 1.807) is 0 Å². The van der Waals surface area contributed by atoms with E-state index in [1.807, 2.05) is 18.3 Å². The van der Waals surface area contributed by atoms with Crippen LogP contribution in [-0.2, 0) is 0 Å². The first-order valence-electron chi connectivity index (χ1n) is 6.82. The highest BCUT2D eigenvalue weighted by Gasteiger charge is 2.18. The molecule has 1 fully saturated rings. The van der Waals surface area contributed by atoms with Gasteiger partial charge in [-0.3, -0.25) is 0 Å². The molecule has 4 heteroatoms. The zero-order chi connectivity index (χ0) is 12.8. The summed E-state index contributed by atoms with van der Waals surface area (Å²) in [7, 11) is 2.17. The number of hydrogen-bond acceptors (Lipinski definition) is 4. The normalized spacial score (nSPS) is 17.7. The standard InChI is InChI=1S/C14H23N3O/c1-3-11-18-13-5-4-8-15-14(13)16-12-6-9-17(2)10-7-12/h4-5,8,12H,3,6-7,9-11H2,1-2H3,(H,15,16). The number of pyridine rings is 1. The Kier molecular flexibility index (Phi) is 4.81. The second kappa shape index (κ2) is 6.59. The van der Waals surface area contributed by atoms with Crippen LogP contribution >= 0.6 is 0 Å². The van der Waals surface area contributed by atoms with E-state index in [9.17, 15) is 0 Å². The van der Waals surface area contributed by atoms with Crippen molar-refractivity contribution in [2.75, 3.05) is 32.1 Å². The van der Waals surface area contributed by atoms with Gasteiger partial charge in [-0.1, -0.05) is 6.92 Å². The molecular weight excluding hydrogens is 226 g/mol. The van der Waals surface area contributed by atoms with Crippen LogP contribution in [0.5, 0.6) is 5.75 Å². The number of piperidine rings is 1. The van der Waals surface area contributed by atoms with E-state index in [4.69, 9.17) is 4.74 Å². The van der Waals surface area contributed by atoms with E-state index < -0.39 is 0 Å². The number of aromatic nitrogens is 1. The summed E-state index contributed by atoms with van der Waals surface area (Å²) in [5, 5.41) is 3.52. The third-order valence-corrected chi connectivity index (χ3v) is 3.29. The molecule has 1 aliphatic heterocycles. The number of ether oxygens (including phenoxy) is 1. The van der Waals surface area contributed by atoms with Gasteiger partial charge in [0, 0.05) is 12.2 Å². The maximum absolute atomic E-state index is 5.71. The molecule has 1 aromatic rings. The Morgan fingerprint density at radius 1 is 1.44 bits per heavy atom. The minimum Gasteiger partial charge on any atom is -0.490 e. The van der Waals surface area contributed by atoms with Gasteiger partial charge in [-0.25, -0.2) is 4.98 Å². The van der Waals surface area contributed by atoms with Crippen LogP contribution in [0.1, 0.15) is 26.2 Å². The predicted octanol–water partition coefficient (Wildman–Crippen LogP) is 2.38. The van der Waals surface area contributed by atoms with Gasteiger partial charge in [-0.15, -0.1) is 0 Å². The van der Waals surface area contributed by atoms with Gasteiger partial charge >= 0.3 is 0 Å². The predicted molar refractivity (Wildman–Crippen MR) is 74.2 cm³/mol. The number of likely N-dealkylation sites (tertiary alicyclic amines) is 1. The van der Waals surface area contributed by atoms with Crippen LogP contribution in [0.2, 0.25) is 0 Å². The minimum absolute atomic E-state index is 0.514. The molecule has 0 bridgehead atoms. The lowest BCUT2D eigenvalue weighted by Gasteiger charge is -2.30. The van der Waals surface area contributed by atoms with E-state index in [0.29, 0.717) is 6.04 Å². The summed E-state index contributed by atoms with van der Waals surface area (Å²) in [6, 6.07) is 4.42. The SMILES string of the molecule is CCCOc1cccnc1NC1CCN(C)CC1. The summed E-state index contributed by atoms with van der Waals surface area (Å²) in [5.41, 5.74) is 0. The van der Waals surface area contributed by atoms with Gasteiger partial charge in [-0.05, 0) is 51.5 Å². The highest BCUT2D eigenvalue weighted by molar-refractivity contribution is 5.50. The van der Waals surface area contributed by atoms with Crippen LogP contribution in [0.4, 0.5) is 5.82 Å². The molecule has 0 radical (unpaired) electrons. The Morgan fingerprint density at radius 3 is 2.94 bits per heavy atom. The first kappa shape index (κ1) is 13.1. The van der Waals surface area contributed by atoms with Gasteiger partial charge < -0.3 is 15.0 Å². The Morgan fingerprint density at radius 2 is 2.22 bits per heavy atom. The van der Waals surface area contributed by atoms with Crippen LogP contribution in [0.25, 0.3) is 0 Å². The molecule has 0 saturated carbocycles. The smallest absolute Gasteiger partial charge is 0.168 e. The van der Waals surface area contributed by atoms with Crippen LogP contribution < -0.4 is 10.1 Å². The molecule has 2 heterocycles. The average molecular weight is 249 g/mol. The number of hydrogen-bond donors (Lipinski definition) is 1. The summed E-state index contributed by atoms with van der Waals surface area (Å²) in [6.07, 6.45) is 5.17. The highest BCUT2D eigenvalue weighted by Crippen LogP contribution is 2.24. The topological polar surface area (TPSA) is 37.4 Å². The van der Waals surface area contributed by atoms with Crippen molar-refractivity contribution in [2.45, 2.75) is 32.2 Å². The Bertz CT molecular complexity index is 362. The fourth-order valence-corrected chi connectivity index (χ4v) is 2.17. The van der Waals surface area contributed by atoms with Gasteiger partial charge in [0.25, 0.3) is 0 Å². The van der Waals surface area contributed by atoms with Crippen LogP contribution in [0, 0.1) is 0 Å². The molecule has 1 N–H and O–H groups in total. The summed E-state index contributed by atoms with van der Waals surface area (Å²) in [6.45, 7) is 5.15. The van der Waals surface area contributed by atoms with Crippen LogP contribution in [-0.4, -0.2) is 42.7 Å². The molecule has 1 aromatic heterocycles. The van der Waals surface area contributed by atoms with Crippen LogP contribution in [0.15, 0.2) is 18.3 Å². The lowest BCUT2D eigenvalue weighted by Crippen LogP contribution is -2.36. The maximum atomic E-state index is 5.71. The van der Waals surface area contributed by atoms with Gasteiger partial charge in [-0.2, -0.15) is 0 Å². The average Bonchev–Trinajstić information content (AvgIpc) is 2.40. The van der Waals surface area contributed by atoms with E-state index in [-0.39, 0.29) is 0 Å². The first-order chi connectivity index (χ1) is 8.79. The van der Waals surface area contributed by atoms with E-state index in [1.165, 1.54) is 12.8 Å². The fourth-order valence-electron chi connectivity index (χ4n) is 2.17. The lowest BCUT2D eigenvalue weighted by atomic mass is 10.1. The molecule has 4 nitrogen and oxygen atoms in total. The van der Waals surface area contributed by atoms with Gasteiger partial charge in [0.15, 0.2) is 11.6 Å². The number of anilines is 1. The molecule has 2 rings (SSSR count). The molecule has 0 unspecified atom stereocenters. The molecule has 0 aromatic carbocycles. The number of nitrogens with zero attached hydrogens (tertiary/aromatic N) is 2. The van der Waals surface area contributed by atoms with Gasteiger partial charge in [0.05, 0.1) is 6.61 Å². The Labute approximate surface area is 109 Å². The molecule has 1 aliphatic rings. The third kappa shape index (κ3) is 3.60. The molecule has 1 saturated heterocycles. The zero-order valence-electron chi connectivity index (χ0n) is 11.4. The largest absolute Gasteiger partial charge is 0.490 e. The summed E-state index contributed by atoms with van der Waals surface area (Å²) in [5.74, 6) is 1.76. The van der Waals surface area contributed by atoms with Crippen molar-refractivity contribution in [3.8, 4) is 5.75 Å². The third-order valence-electron chi connectivity index (χ3n) is 3.29. The van der Waals surface area contributed by atoms with Crippen molar-refractivity contribution < 1.29 is 4.74 Å². The molecule has 18 heavy (non-hydrogen) atoms. The number of rotatable bonds is 5. The zero-order valence-corrected chi connectivity index (χ0v) is 11.4. The van der Waals surface area contributed by atoms with Gasteiger partial charge in [0.1, 0.15) is 0 Å². The quantitative estimate of drug-likeness (QED) is 0.869. The Balaban J connectivity index is 1.95. The second-order valence-corrected chi connectivity index (χ2v) is 4.92. The molecule has 0 spiro atoms. The molecule has 0 aliphatic carbocycles. The highest BCUT2D eigenvalue weighted by atomic mass is 16.5. The van der Waals surface area contributed by atoms with E-state index in [2.05, 4.69) is 29.2 Å². The van der Waals surface area contributed by atoms with Gasteiger partial charge in [0.2, 0.25) is 0 Å². The molecular formula is C14H23N3O. The first-order valence-corrected chi connectivity index (χ1v) is 6.82. The molecule has 0 amide bonds. The lowest BCUT2D eigenvalue weighted by molar-refractivity contribution is 0.263. The van der Waals surface area contributed by atoms with Crippen molar-refractivity contribution in [2.24, 2.45) is 0 Å². The van der Waals surface area contributed by atoms with Crippen molar-refractivity contribution in [3.05, 3.63) is 18.3 Å². The van der Waals surface area contributed by atoms with Crippen molar-refractivity contribution >= 4 is 5.82 Å². The molecule has 100 valence electrons. The second-order valence-electron chi connectivity index (χ2n) is 4.92. The van der Waals surface area contributed by atoms with E-state index in [0.717, 1.165) is 37.7 Å².